The lowest BCUT2D eigenvalue weighted by Crippen LogP contribution is -2.51. The van der Waals surface area contributed by atoms with Crippen LogP contribution in [0.5, 0.6) is 0 Å². The first-order valence-electron chi connectivity index (χ1n) is 13.2. The van der Waals surface area contributed by atoms with Gasteiger partial charge >= 0.3 is 7.75 Å². The Morgan fingerprint density at radius 2 is 1.98 bits per heavy atom. The van der Waals surface area contributed by atoms with Gasteiger partial charge in [-0.15, -0.1) is 0 Å². The number of methoxy groups -OCH3 is 1. The van der Waals surface area contributed by atoms with Crippen LogP contribution in [0.1, 0.15) is 19.4 Å². The quantitative estimate of drug-likeness (QED) is 0.145. The molecule has 1 saturated heterocycles. The molecule has 0 radical (unpaired) electrons. The third-order valence-corrected chi connectivity index (χ3v) is 9.53. The van der Waals surface area contributed by atoms with E-state index in [4.69, 9.17) is 24.3 Å². The van der Waals surface area contributed by atoms with Crippen LogP contribution < -0.4 is 10.8 Å². The van der Waals surface area contributed by atoms with E-state index in [1.807, 2.05) is 30.3 Å². The monoisotopic (exact) mass is 628 g/mol. The number of benzene rings is 1. The van der Waals surface area contributed by atoms with Gasteiger partial charge in [0.05, 0.1) is 38.7 Å². The van der Waals surface area contributed by atoms with Crippen LogP contribution in [0.25, 0.3) is 0 Å². The van der Waals surface area contributed by atoms with Crippen molar-refractivity contribution in [2.45, 2.75) is 57.1 Å². The molecule has 0 amide bonds. The van der Waals surface area contributed by atoms with Gasteiger partial charge in [-0.05, 0) is 19.4 Å². The number of guanidine groups is 1. The average molecular weight is 629 g/mol. The van der Waals surface area contributed by atoms with Gasteiger partial charge in [-0.25, -0.2) is 14.6 Å². The number of aliphatic hydroxyl groups is 3. The maximum atomic E-state index is 13.7. The van der Waals surface area contributed by atoms with Crippen molar-refractivity contribution in [1.29, 1.82) is 0 Å². The Bertz CT molecular complexity index is 1240. The van der Waals surface area contributed by atoms with Crippen LogP contribution in [-0.4, -0.2) is 113 Å². The lowest BCUT2D eigenvalue weighted by atomic mass is 9.97. The van der Waals surface area contributed by atoms with E-state index in [0.717, 1.165) is 17.3 Å². The van der Waals surface area contributed by atoms with Crippen LogP contribution in [0.3, 0.4) is 0 Å². The second kappa shape index (κ2) is 13.9. The fourth-order valence-corrected chi connectivity index (χ4v) is 6.50. The van der Waals surface area contributed by atoms with Gasteiger partial charge in [-0.3, -0.25) is 18.8 Å². The molecule has 3 heterocycles. The van der Waals surface area contributed by atoms with E-state index in [-0.39, 0.29) is 42.5 Å². The zero-order valence-corrected chi connectivity index (χ0v) is 25.2. The van der Waals surface area contributed by atoms with E-state index >= 15 is 0 Å². The van der Waals surface area contributed by atoms with Crippen molar-refractivity contribution in [2.75, 3.05) is 32.7 Å². The van der Waals surface area contributed by atoms with Crippen LogP contribution in [0.4, 0.5) is 0 Å². The highest BCUT2D eigenvalue weighted by Crippen LogP contribution is 2.45. The molecule has 17 heteroatoms. The summed E-state index contributed by atoms with van der Waals surface area (Å²) in [5.41, 5.74) is 5.71. The smallest absolute Gasteiger partial charge is 0.405 e. The van der Waals surface area contributed by atoms with E-state index in [9.17, 15) is 24.7 Å². The van der Waals surface area contributed by atoms with E-state index in [2.05, 4.69) is 20.1 Å². The van der Waals surface area contributed by atoms with Crippen LogP contribution >= 0.6 is 19.5 Å². The first-order valence-corrected chi connectivity index (χ1v) is 15.8. The maximum absolute atomic E-state index is 13.7. The number of aliphatic hydroxyl groups excluding tert-OH is 3. The molecular weight excluding hydrogens is 591 g/mol. The molecule has 1 fully saturated rings. The summed E-state index contributed by atoms with van der Waals surface area (Å²) in [6, 6.07) is 8.57. The molecule has 232 valence electrons. The van der Waals surface area contributed by atoms with Crippen molar-refractivity contribution in [3.05, 3.63) is 35.9 Å². The zero-order chi connectivity index (χ0) is 30.5. The summed E-state index contributed by atoms with van der Waals surface area (Å²) >= 11 is 0.952. The van der Waals surface area contributed by atoms with Crippen LogP contribution in [0.2, 0.25) is 0 Å². The van der Waals surface area contributed by atoms with Crippen molar-refractivity contribution in [2.24, 2.45) is 26.1 Å². The Morgan fingerprint density at radius 1 is 1.24 bits per heavy atom. The number of hydrogen-bond acceptors (Lipinski definition) is 15. The SMILES string of the molecule is COC1=NC(N)=NC2C1N=CN2[C@@H]1O[C@H](COP(=O)(NCc2ccccc2)OCCSC(=O)C(C)(C)CO)C(O)C1O. The minimum absolute atomic E-state index is 0.0288. The number of thioether (sulfide) groups is 1. The summed E-state index contributed by atoms with van der Waals surface area (Å²) in [6.07, 6.45) is -4.24. The molecule has 42 heavy (non-hydrogen) atoms. The molecule has 0 bridgehead atoms. The largest absolute Gasteiger partial charge is 0.482 e. The molecule has 4 rings (SSSR count). The molecule has 15 nitrogen and oxygen atoms in total. The van der Waals surface area contributed by atoms with Gasteiger partial charge in [0, 0.05) is 12.3 Å². The third kappa shape index (κ3) is 7.56. The Balaban J connectivity index is 1.38. The van der Waals surface area contributed by atoms with Gasteiger partial charge < -0.3 is 35.4 Å². The maximum Gasteiger partial charge on any atom is 0.405 e. The van der Waals surface area contributed by atoms with E-state index in [0.29, 0.717) is 0 Å². The second-order valence-corrected chi connectivity index (χ2v) is 13.3. The molecule has 1 aromatic rings. The normalized spacial score (nSPS) is 28.7. The number of nitrogens with one attached hydrogen (secondary N) is 1. The Labute approximate surface area is 247 Å². The van der Waals surface area contributed by atoms with Crippen LogP contribution in [0.15, 0.2) is 45.3 Å². The number of ether oxygens (including phenoxy) is 2. The first-order chi connectivity index (χ1) is 20.0. The molecule has 1 aromatic carbocycles. The van der Waals surface area contributed by atoms with Crippen molar-refractivity contribution < 1.29 is 43.2 Å². The number of carbonyl (C=O) groups is 1. The molecule has 0 aliphatic carbocycles. The number of fused-ring (bicyclic) bond motifs is 1. The summed E-state index contributed by atoms with van der Waals surface area (Å²) in [7, 11) is -2.55. The average Bonchev–Trinajstić information content (AvgIpc) is 3.53. The topological polar surface area (TPSA) is 210 Å². The third-order valence-electron chi connectivity index (χ3n) is 6.78. The van der Waals surface area contributed by atoms with Gasteiger partial charge in [0.1, 0.15) is 18.3 Å². The number of nitrogens with two attached hydrogens (primary N) is 1. The minimum atomic E-state index is -3.99. The fourth-order valence-electron chi connectivity index (χ4n) is 4.26. The standard InChI is InChI=1S/C25H37N6O9PS/c1-25(2,13-32)23(35)42-10-9-38-41(36,28-11-15-7-5-4-6-8-15)39-12-16-18(33)19(34)22(40-16)31-14-27-17-20(31)29-24(26)30-21(17)37-3/h4-8,14,16-20,22,32-34H,9-13H2,1-3H3,(H2,26,29)(H,28,36)/t16-,17?,18?,19?,20?,22-,41?/m1/s1. The summed E-state index contributed by atoms with van der Waals surface area (Å²) in [6.45, 7) is 2.60. The second-order valence-electron chi connectivity index (χ2n) is 10.4. The highest BCUT2D eigenvalue weighted by atomic mass is 32.2. The predicted molar refractivity (Wildman–Crippen MR) is 156 cm³/mol. The van der Waals surface area contributed by atoms with E-state index in [1.54, 1.807) is 13.8 Å². The van der Waals surface area contributed by atoms with Crippen LogP contribution in [0, 0.1) is 5.41 Å². The highest BCUT2D eigenvalue weighted by molar-refractivity contribution is 8.13. The highest BCUT2D eigenvalue weighted by Gasteiger charge is 2.51. The minimum Gasteiger partial charge on any atom is -0.482 e. The number of carbonyl (C=O) groups excluding carboxylic acids is 1. The molecule has 7 atom stereocenters. The Kier molecular flexibility index (Phi) is 10.8. The molecule has 6 N–H and O–H groups in total. The number of hydrogen-bond donors (Lipinski definition) is 5. The summed E-state index contributed by atoms with van der Waals surface area (Å²) in [5.74, 6) is 0.389. The van der Waals surface area contributed by atoms with Gasteiger partial charge in [0.15, 0.2) is 23.6 Å². The number of aliphatic imine (C=N–C) groups is 3. The van der Waals surface area contributed by atoms with Gasteiger partial charge in [0.25, 0.3) is 0 Å². The lowest BCUT2D eigenvalue weighted by molar-refractivity contribution is -0.119. The molecule has 0 spiro atoms. The van der Waals surface area contributed by atoms with Gasteiger partial charge in [-0.2, -0.15) is 4.99 Å². The van der Waals surface area contributed by atoms with Gasteiger partial charge in [0.2, 0.25) is 11.9 Å². The zero-order valence-electron chi connectivity index (χ0n) is 23.5. The van der Waals surface area contributed by atoms with Crippen molar-refractivity contribution in [3.8, 4) is 0 Å². The first kappa shape index (κ1) is 32.5. The summed E-state index contributed by atoms with van der Waals surface area (Å²) in [4.78, 5) is 26.4. The van der Waals surface area contributed by atoms with Crippen molar-refractivity contribution in [1.82, 2.24) is 9.99 Å². The molecule has 5 unspecified atom stereocenters. The van der Waals surface area contributed by atoms with Gasteiger partial charge in [-0.1, -0.05) is 42.1 Å². The van der Waals surface area contributed by atoms with Crippen molar-refractivity contribution in [3.63, 3.8) is 0 Å². The molecule has 3 aliphatic rings. The molecular formula is C25H37N6O9PS. The number of nitrogens with zero attached hydrogens (tertiary/aromatic N) is 4. The lowest BCUT2D eigenvalue weighted by Gasteiger charge is -2.32. The number of rotatable bonds is 13. The molecule has 3 aliphatic heterocycles. The van der Waals surface area contributed by atoms with E-state index in [1.165, 1.54) is 18.3 Å². The molecule has 0 saturated carbocycles. The summed E-state index contributed by atoms with van der Waals surface area (Å²) < 4.78 is 36.1. The Hall–Kier alpha value is -2.40. The summed E-state index contributed by atoms with van der Waals surface area (Å²) in [5, 5.41) is 33.5. The Morgan fingerprint density at radius 3 is 2.67 bits per heavy atom. The van der Waals surface area contributed by atoms with Crippen molar-refractivity contribution >= 4 is 42.8 Å². The predicted octanol–water partition coefficient (Wildman–Crippen LogP) is 0.0543. The fraction of sp³-hybridized carbons (Fsp3) is 0.600. The van der Waals surface area contributed by atoms with E-state index < -0.39 is 56.5 Å². The van der Waals surface area contributed by atoms with Crippen LogP contribution in [-0.2, 0) is 34.4 Å². The molecule has 0 aromatic heterocycles.